The van der Waals surface area contributed by atoms with E-state index in [1.54, 1.807) is 0 Å². The van der Waals surface area contributed by atoms with Gasteiger partial charge in [-0.3, -0.25) is 4.79 Å². The van der Waals surface area contributed by atoms with E-state index >= 15 is 0 Å². The summed E-state index contributed by atoms with van der Waals surface area (Å²) in [7, 11) is 0. The zero-order chi connectivity index (χ0) is 23.7. The summed E-state index contributed by atoms with van der Waals surface area (Å²) in [4.78, 5) is 24.3. The third kappa shape index (κ3) is 4.54. The van der Waals surface area contributed by atoms with Crippen LogP contribution in [0.15, 0.2) is 52.7 Å². The van der Waals surface area contributed by atoms with Crippen LogP contribution in [0, 0.1) is 13.8 Å². The fourth-order valence-electron chi connectivity index (χ4n) is 4.07. The molecule has 34 heavy (non-hydrogen) atoms. The number of aryl methyl sites for hydroxylation is 2. The second-order valence-electron chi connectivity index (χ2n) is 8.72. The van der Waals surface area contributed by atoms with Gasteiger partial charge in [0, 0.05) is 25.1 Å². The third-order valence-electron chi connectivity index (χ3n) is 6.05. The number of anilines is 1. The Hall–Kier alpha value is -3.65. The lowest BCUT2D eigenvalue weighted by Gasteiger charge is -2.27. The number of ether oxygens (including phenoxy) is 2. The highest BCUT2D eigenvalue weighted by molar-refractivity contribution is 5.97. The number of carbonyl (C=O) groups is 1. The summed E-state index contributed by atoms with van der Waals surface area (Å²) >= 11 is 0. The van der Waals surface area contributed by atoms with Crippen molar-refractivity contribution in [3.05, 3.63) is 70.4 Å². The highest BCUT2D eigenvalue weighted by atomic mass is 16.5. The van der Waals surface area contributed by atoms with Crippen LogP contribution in [-0.4, -0.2) is 42.1 Å². The van der Waals surface area contributed by atoms with Crippen molar-refractivity contribution in [1.82, 2.24) is 9.97 Å². The molecule has 1 atom stereocenters. The Morgan fingerprint density at radius 2 is 1.94 bits per heavy atom. The fourth-order valence-corrected chi connectivity index (χ4v) is 4.07. The molecule has 0 N–H and O–H groups in total. The number of carbonyl (C=O) groups excluding carboxylic acids is 1. The molecule has 1 saturated heterocycles. The van der Waals surface area contributed by atoms with Crippen molar-refractivity contribution in [2.75, 3.05) is 31.2 Å². The topological polar surface area (TPSA) is 89.3 Å². The summed E-state index contributed by atoms with van der Waals surface area (Å²) in [6.07, 6.45) is 0.289. The van der Waals surface area contributed by atoms with Crippen molar-refractivity contribution in [3.8, 4) is 11.6 Å². The number of benzene rings is 2. The number of hydrogen-bond acceptors (Lipinski definition) is 8. The lowest BCUT2D eigenvalue weighted by atomic mass is 10.0. The van der Waals surface area contributed by atoms with Gasteiger partial charge < -0.3 is 14.4 Å². The van der Waals surface area contributed by atoms with Crippen molar-refractivity contribution in [2.45, 2.75) is 33.2 Å². The van der Waals surface area contributed by atoms with Gasteiger partial charge in [0.2, 0.25) is 5.95 Å². The molecule has 1 aromatic heterocycles. The summed E-state index contributed by atoms with van der Waals surface area (Å²) in [6, 6.07) is 13.3. The maximum Gasteiger partial charge on any atom is 0.252 e. The predicted molar refractivity (Wildman–Crippen MR) is 128 cm³/mol. The van der Waals surface area contributed by atoms with E-state index in [1.807, 2.05) is 63.2 Å². The van der Waals surface area contributed by atoms with Crippen molar-refractivity contribution in [3.63, 3.8) is 0 Å². The Kier molecular flexibility index (Phi) is 6.06. The van der Waals surface area contributed by atoms with Crippen LogP contribution in [0.1, 0.15) is 45.7 Å². The molecule has 3 heterocycles. The number of ketones is 1. The molecular formula is C26H27N5O3. The first kappa shape index (κ1) is 22.2. The van der Waals surface area contributed by atoms with Crippen LogP contribution >= 0.6 is 0 Å². The molecule has 0 bridgehead atoms. The molecule has 5 rings (SSSR count). The number of rotatable bonds is 6. The first-order chi connectivity index (χ1) is 16.5. The van der Waals surface area contributed by atoms with Gasteiger partial charge in [0.05, 0.1) is 13.2 Å². The molecule has 3 aromatic rings. The van der Waals surface area contributed by atoms with Gasteiger partial charge in [-0.25, -0.2) is 4.98 Å². The van der Waals surface area contributed by atoms with Gasteiger partial charge in [0.1, 0.15) is 17.5 Å². The molecule has 0 saturated carbocycles. The molecule has 0 amide bonds. The van der Waals surface area contributed by atoms with Crippen molar-refractivity contribution in [1.29, 1.82) is 0 Å². The van der Waals surface area contributed by atoms with E-state index < -0.39 is 0 Å². The van der Waals surface area contributed by atoms with Crippen LogP contribution < -0.4 is 9.64 Å². The predicted octanol–water partition coefficient (Wildman–Crippen LogP) is 5.31. The van der Waals surface area contributed by atoms with Crippen LogP contribution in [-0.2, 0) is 11.2 Å². The highest BCUT2D eigenvalue weighted by Crippen LogP contribution is 2.43. The van der Waals surface area contributed by atoms with Crippen molar-refractivity contribution in [2.24, 2.45) is 10.2 Å². The van der Waals surface area contributed by atoms with E-state index in [4.69, 9.17) is 19.4 Å². The summed E-state index contributed by atoms with van der Waals surface area (Å²) in [5.74, 6) is 1.68. The Morgan fingerprint density at radius 1 is 1.12 bits per heavy atom. The molecule has 2 aliphatic heterocycles. The standard InChI is InChI=1S/C26H27N5O3/c1-16-5-4-6-20(13-16)21(32)14-19-8-7-17(2)22(15-19)34-25-24-23(18(3)29-30-24)27-26(28-25)31-9-11-33-12-10-31/h4-8,13,15,18H,9-12,14H2,1-3H3. The molecule has 8 heteroatoms. The molecule has 2 aromatic carbocycles. The van der Waals surface area contributed by atoms with E-state index in [-0.39, 0.29) is 18.2 Å². The van der Waals surface area contributed by atoms with Gasteiger partial charge in [0.15, 0.2) is 11.5 Å². The van der Waals surface area contributed by atoms with Gasteiger partial charge in [-0.1, -0.05) is 35.9 Å². The lowest BCUT2D eigenvalue weighted by molar-refractivity contribution is 0.0993. The number of fused-ring (bicyclic) bond motifs is 1. The smallest absolute Gasteiger partial charge is 0.252 e. The first-order valence-electron chi connectivity index (χ1n) is 11.5. The molecule has 0 radical (unpaired) electrons. The maximum absolute atomic E-state index is 12.8. The van der Waals surface area contributed by atoms with Gasteiger partial charge in [0.25, 0.3) is 5.88 Å². The Balaban J connectivity index is 1.44. The number of nitrogens with zero attached hydrogens (tertiary/aromatic N) is 5. The zero-order valence-electron chi connectivity index (χ0n) is 19.6. The number of Topliss-reactive ketones (excluding diaryl/α,β-unsaturated/α-hetero) is 1. The van der Waals surface area contributed by atoms with Crippen LogP contribution in [0.25, 0.3) is 0 Å². The van der Waals surface area contributed by atoms with E-state index in [0.717, 1.165) is 35.5 Å². The number of hydrogen-bond donors (Lipinski definition) is 0. The first-order valence-corrected chi connectivity index (χ1v) is 11.5. The minimum atomic E-state index is -0.153. The molecule has 8 nitrogen and oxygen atoms in total. The van der Waals surface area contributed by atoms with Gasteiger partial charge in [-0.15, -0.1) is 5.11 Å². The molecule has 0 spiro atoms. The van der Waals surface area contributed by atoms with Crippen LogP contribution in [0.5, 0.6) is 11.6 Å². The molecule has 1 fully saturated rings. The van der Waals surface area contributed by atoms with E-state index in [1.165, 1.54) is 0 Å². The Bertz CT molecular complexity index is 1270. The minimum Gasteiger partial charge on any atom is -0.437 e. The zero-order valence-corrected chi connectivity index (χ0v) is 19.6. The van der Waals surface area contributed by atoms with Crippen LogP contribution in [0.2, 0.25) is 0 Å². The fraction of sp³-hybridized carbons (Fsp3) is 0.346. The summed E-state index contributed by atoms with van der Waals surface area (Å²) in [5, 5.41) is 8.56. The van der Waals surface area contributed by atoms with E-state index in [9.17, 15) is 4.79 Å². The molecule has 2 aliphatic rings. The van der Waals surface area contributed by atoms with Crippen molar-refractivity contribution >= 4 is 17.4 Å². The Labute approximate surface area is 198 Å². The molecule has 1 unspecified atom stereocenters. The van der Waals surface area contributed by atoms with E-state index in [2.05, 4.69) is 15.1 Å². The third-order valence-corrected chi connectivity index (χ3v) is 6.05. The minimum absolute atomic E-state index is 0.0682. The second kappa shape index (κ2) is 9.30. The van der Waals surface area contributed by atoms with Crippen LogP contribution in [0.4, 0.5) is 11.6 Å². The summed E-state index contributed by atoms with van der Waals surface area (Å²) in [6.45, 7) is 8.62. The molecular weight excluding hydrogens is 430 g/mol. The normalized spacial score (nSPS) is 17.0. The maximum atomic E-state index is 12.8. The SMILES string of the molecule is Cc1cccc(C(=O)Cc2ccc(C)c(Oc3nc(N4CCOCC4)nc4c3N=NC4C)c2)c1. The molecule has 174 valence electrons. The largest absolute Gasteiger partial charge is 0.437 e. The highest BCUT2D eigenvalue weighted by Gasteiger charge is 2.28. The Morgan fingerprint density at radius 3 is 2.74 bits per heavy atom. The second-order valence-corrected chi connectivity index (χ2v) is 8.72. The van der Waals surface area contributed by atoms with Crippen molar-refractivity contribution < 1.29 is 14.3 Å². The monoisotopic (exact) mass is 457 g/mol. The number of aromatic nitrogens is 2. The van der Waals surface area contributed by atoms with Gasteiger partial charge in [-0.05, 0) is 44.0 Å². The summed E-state index contributed by atoms with van der Waals surface area (Å²) < 4.78 is 11.8. The average Bonchev–Trinajstić information content (AvgIpc) is 3.22. The van der Waals surface area contributed by atoms with E-state index in [0.29, 0.717) is 42.0 Å². The average molecular weight is 458 g/mol. The van der Waals surface area contributed by atoms with Gasteiger partial charge >= 0.3 is 0 Å². The quantitative estimate of drug-likeness (QED) is 0.466. The lowest BCUT2D eigenvalue weighted by Crippen LogP contribution is -2.37. The van der Waals surface area contributed by atoms with Crippen LogP contribution in [0.3, 0.4) is 0 Å². The van der Waals surface area contributed by atoms with Gasteiger partial charge in [-0.2, -0.15) is 10.1 Å². The number of azo groups is 1. The molecule has 0 aliphatic carbocycles. The summed E-state index contributed by atoms with van der Waals surface area (Å²) in [5.41, 5.74) is 4.91. The number of morpholine rings is 1.